The van der Waals surface area contributed by atoms with Gasteiger partial charge in [0.15, 0.2) is 0 Å². The number of hydrogen-bond acceptors (Lipinski definition) is 4. The first-order valence-electron chi connectivity index (χ1n) is 7.76. The van der Waals surface area contributed by atoms with Crippen LogP contribution in [0, 0.1) is 11.6 Å². The number of carbonyl (C=O) groups excluding carboxylic acids is 1. The molecular formula is C18H19BrF2N2O2. The largest absolute Gasteiger partial charge is 0.460 e. The standard InChI is InChI=1S/C18H19BrF2N2O2/c1-18(2,3)25-16(24)7-12(17-15(19)9-22-10-23-17)4-11-5-13(20)8-14(21)6-11/h5-6,8-10,12H,4,7H2,1-3H3/t12-/m1/s1. The van der Waals surface area contributed by atoms with Gasteiger partial charge >= 0.3 is 5.97 Å². The highest BCUT2D eigenvalue weighted by Crippen LogP contribution is 2.29. The highest BCUT2D eigenvalue weighted by atomic mass is 79.9. The number of nitrogens with zero attached hydrogens (tertiary/aromatic N) is 2. The lowest BCUT2D eigenvalue weighted by Gasteiger charge is -2.22. The maximum absolute atomic E-state index is 13.5. The second-order valence-corrected chi connectivity index (χ2v) is 7.58. The van der Waals surface area contributed by atoms with Crippen LogP contribution in [0.25, 0.3) is 0 Å². The number of rotatable bonds is 5. The zero-order valence-electron chi connectivity index (χ0n) is 14.2. The van der Waals surface area contributed by atoms with Gasteiger partial charge < -0.3 is 4.74 Å². The van der Waals surface area contributed by atoms with Gasteiger partial charge in [0.2, 0.25) is 0 Å². The van der Waals surface area contributed by atoms with Crippen molar-refractivity contribution >= 4 is 21.9 Å². The van der Waals surface area contributed by atoms with Gasteiger partial charge in [-0.05, 0) is 60.8 Å². The Labute approximate surface area is 153 Å². The van der Waals surface area contributed by atoms with Gasteiger partial charge in [-0.2, -0.15) is 0 Å². The summed E-state index contributed by atoms with van der Waals surface area (Å²) in [5.41, 5.74) is 0.414. The Morgan fingerprint density at radius 1 is 1.24 bits per heavy atom. The molecule has 0 saturated heterocycles. The monoisotopic (exact) mass is 412 g/mol. The average Bonchev–Trinajstić information content (AvgIpc) is 2.44. The van der Waals surface area contributed by atoms with Crippen LogP contribution in [0.4, 0.5) is 8.78 Å². The number of benzene rings is 1. The number of halogens is 3. The first kappa shape index (κ1) is 19.4. The van der Waals surface area contributed by atoms with Gasteiger partial charge in [-0.25, -0.2) is 18.7 Å². The summed E-state index contributed by atoms with van der Waals surface area (Å²) >= 11 is 3.37. The predicted octanol–water partition coefficient (Wildman–Crippen LogP) is 4.58. The van der Waals surface area contributed by atoms with E-state index in [0.717, 1.165) is 6.07 Å². The Kier molecular flexibility index (Phi) is 6.21. The molecule has 2 aromatic rings. The van der Waals surface area contributed by atoms with Crippen LogP contribution in [-0.4, -0.2) is 21.5 Å². The van der Waals surface area contributed by atoms with E-state index in [9.17, 15) is 13.6 Å². The number of aromatic nitrogens is 2. The smallest absolute Gasteiger partial charge is 0.306 e. The Bertz CT molecular complexity index is 743. The van der Waals surface area contributed by atoms with Crippen LogP contribution in [0.1, 0.15) is 44.4 Å². The molecule has 1 atom stereocenters. The van der Waals surface area contributed by atoms with Crippen LogP contribution < -0.4 is 0 Å². The van der Waals surface area contributed by atoms with Crippen molar-refractivity contribution in [3.05, 3.63) is 58.1 Å². The second kappa shape index (κ2) is 7.99. The summed E-state index contributed by atoms with van der Waals surface area (Å²) in [6.45, 7) is 5.34. The zero-order chi connectivity index (χ0) is 18.6. The summed E-state index contributed by atoms with van der Waals surface area (Å²) in [4.78, 5) is 20.4. The lowest BCUT2D eigenvalue weighted by Crippen LogP contribution is -2.25. The number of esters is 1. The molecule has 0 aliphatic rings. The first-order valence-corrected chi connectivity index (χ1v) is 8.55. The number of ether oxygens (including phenoxy) is 1. The van der Waals surface area contributed by atoms with Crippen LogP contribution in [0.5, 0.6) is 0 Å². The minimum Gasteiger partial charge on any atom is -0.460 e. The predicted molar refractivity (Wildman–Crippen MR) is 93.0 cm³/mol. The molecule has 1 aromatic heterocycles. The van der Waals surface area contributed by atoms with Gasteiger partial charge in [-0.3, -0.25) is 4.79 Å². The molecule has 0 fully saturated rings. The first-order chi connectivity index (χ1) is 11.6. The van der Waals surface area contributed by atoms with E-state index in [1.54, 1.807) is 27.0 Å². The van der Waals surface area contributed by atoms with E-state index in [1.807, 2.05) is 0 Å². The van der Waals surface area contributed by atoms with Gasteiger partial charge in [-0.15, -0.1) is 0 Å². The van der Waals surface area contributed by atoms with Crippen LogP contribution >= 0.6 is 15.9 Å². The highest BCUT2D eigenvalue weighted by Gasteiger charge is 2.24. The fourth-order valence-corrected chi connectivity index (χ4v) is 3.03. The molecule has 0 bridgehead atoms. The summed E-state index contributed by atoms with van der Waals surface area (Å²) in [6.07, 6.45) is 3.21. The average molecular weight is 413 g/mol. The zero-order valence-corrected chi connectivity index (χ0v) is 15.8. The van der Waals surface area contributed by atoms with Gasteiger partial charge in [0, 0.05) is 18.2 Å². The van der Waals surface area contributed by atoms with Crippen molar-refractivity contribution < 1.29 is 18.3 Å². The second-order valence-electron chi connectivity index (χ2n) is 6.73. The maximum Gasteiger partial charge on any atom is 0.306 e. The third-order valence-electron chi connectivity index (χ3n) is 3.32. The third kappa shape index (κ3) is 6.16. The van der Waals surface area contributed by atoms with Crippen molar-refractivity contribution in [3.8, 4) is 0 Å². The normalized spacial score (nSPS) is 12.7. The number of carbonyl (C=O) groups is 1. The SMILES string of the molecule is CC(C)(C)OC(=O)C[C@@H](Cc1cc(F)cc(F)c1)c1ncncc1Br. The minimum absolute atomic E-state index is 0.0328. The quantitative estimate of drug-likeness (QED) is 0.674. The molecule has 134 valence electrons. The van der Waals surface area contributed by atoms with E-state index >= 15 is 0 Å². The van der Waals surface area contributed by atoms with E-state index in [1.165, 1.54) is 18.5 Å². The molecule has 0 aliphatic carbocycles. The summed E-state index contributed by atoms with van der Waals surface area (Å²) in [6, 6.07) is 3.31. The van der Waals surface area contributed by atoms with E-state index in [-0.39, 0.29) is 12.8 Å². The molecule has 1 aromatic carbocycles. The molecular weight excluding hydrogens is 394 g/mol. The summed E-state index contributed by atoms with van der Waals surface area (Å²) in [5.74, 6) is -2.13. The summed E-state index contributed by atoms with van der Waals surface area (Å²) < 4.78 is 33.0. The number of hydrogen-bond donors (Lipinski definition) is 0. The molecule has 0 aliphatic heterocycles. The molecule has 2 rings (SSSR count). The molecule has 0 amide bonds. The van der Waals surface area contributed by atoms with Crippen molar-refractivity contribution in [1.82, 2.24) is 9.97 Å². The molecule has 1 heterocycles. The molecule has 0 unspecified atom stereocenters. The highest BCUT2D eigenvalue weighted by molar-refractivity contribution is 9.10. The van der Waals surface area contributed by atoms with Crippen molar-refractivity contribution in [2.45, 2.75) is 45.1 Å². The van der Waals surface area contributed by atoms with Crippen LogP contribution in [0.3, 0.4) is 0 Å². The van der Waals surface area contributed by atoms with Gasteiger partial charge in [-0.1, -0.05) is 0 Å². The van der Waals surface area contributed by atoms with Gasteiger partial charge in [0.05, 0.1) is 16.6 Å². The lowest BCUT2D eigenvalue weighted by molar-refractivity contribution is -0.155. The molecule has 0 N–H and O–H groups in total. The van der Waals surface area contributed by atoms with E-state index in [2.05, 4.69) is 25.9 Å². The molecule has 25 heavy (non-hydrogen) atoms. The topological polar surface area (TPSA) is 52.1 Å². The van der Waals surface area contributed by atoms with Crippen molar-refractivity contribution in [2.75, 3.05) is 0 Å². The molecule has 0 radical (unpaired) electrons. The maximum atomic E-state index is 13.5. The van der Waals surface area contributed by atoms with E-state index in [4.69, 9.17) is 4.74 Å². The fraction of sp³-hybridized carbons (Fsp3) is 0.389. The summed E-state index contributed by atoms with van der Waals surface area (Å²) in [7, 11) is 0. The van der Waals surface area contributed by atoms with Crippen molar-refractivity contribution in [2.24, 2.45) is 0 Å². The molecule has 0 spiro atoms. The van der Waals surface area contributed by atoms with Crippen molar-refractivity contribution in [1.29, 1.82) is 0 Å². The molecule has 4 nitrogen and oxygen atoms in total. The van der Waals surface area contributed by atoms with Crippen LogP contribution in [0.15, 0.2) is 35.2 Å². The van der Waals surface area contributed by atoms with Gasteiger partial charge in [0.1, 0.15) is 23.6 Å². The van der Waals surface area contributed by atoms with Gasteiger partial charge in [0.25, 0.3) is 0 Å². The Morgan fingerprint density at radius 2 is 1.88 bits per heavy atom. The lowest BCUT2D eigenvalue weighted by atomic mass is 9.92. The molecule has 0 saturated carbocycles. The Hall–Kier alpha value is -1.89. The molecule has 7 heteroatoms. The minimum atomic E-state index is -0.659. The van der Waals surface area contributed by atoms with Crippen LogP contribution in [-0.2, 0) is 16.0 Å². The third-order valence-corrected chi connectivity index (χ3v) is 3.93. The Morgan fingerprint density at radius 3 is 2.44 bits per heavy atom. The summed E-state index contributed by atoms with van der Waals surface area (Å²) in [5, 5.41) is 0. The van der Waals surface area contributed by atoms with Crippen LogP contribution in [0.2, 0.25) is 0 Å². The Balaban J connectivity index is 2.29. The van der Waals surface area contributed by atoms with Crippen molar-refractivity contribution in [3.63, 3.8) is 0 Å². The fourth-order valence-electron chi connectivity index (χ4n) is 2.49. The van der Waals surface area contributed by atoms with E-state index < -0.39 is 29.1 Å². The van der Waals surface area contributed by atoms with E-state index in [0.29, 0.717) is 15.7 Å².